The normalized spacial score (nSPS) is 11.0. The third-order valence-corrected chi connectivity index (χ3v) is 3.38. The van der Waals surface area contributed by atoms with E-state index in [4.69, 9.17) is 14.8 Å². The number of rotatable bonds is 6. The Morgan fingerprint density at radius 2 is 1.95 bits per heavy atom. The van der Waals surface area contributed by atoms with Crippen molar-refractivity contribution in [3.63, 3.8) is 0 Å². The first kappa shape index (κ1) is 16.6. The van der Waals surface area contributed by atoms with Crippen LogP contribution in [0.25, 0.3) is 11.1 Å². The van der Waals surface area contributed by atoms with Gasteiger partial charge < -0.3 is 14.8 Å². The second-order valence-corrected chi connectivity index (χ2v) is 4.80. The molecule has 0 aliphatic heterocycles. The smallest absolute Gasteiger partial charge is 0.423 e. The van der Waals surface area contributed by atoms with Gasteiger partial charge in [0.1, 0.15) is 0 Å². The molecule has 5 nitrogen and oxygen atoms in total. The van der Waals surface area contributed by atoms with E-state index in [0.717, 1.165) is 6.07 Å². The first-order chi connectivity index (χ1) is 10.5. The van der Waals surface area contributed by atoms with Gasteiger partial charge in [0.2, 0.25) is 0 Å². The van der Waals surface area contributed by atoms with Gasteiger partial charge in [-0.3, -0.25) is 4.68 Å². The highest BCUT2D eigenvalue weighted by molar-refractivity contribution is 6.58. The van der Waals surface area contributed by atoms with Crippen molar-refractivity contribution >= 4 is 12.6 Å². The van der Waals surface area contributed by atoms with Crippen LogP contribution in [0, 0.1) is 11.6 Å². The van der Waals surface area contributed by atoms with Crippen molar-refractivity contribution < 1.29 is 23.6 Å². The monoisotopic (exact) mass is 310 g/mol. The Morgan fingerprint density at radius 3 is 2.55 bits per heavy atom. The van der Waals surface area contributed by atoms with Gasteiger partial charge in [0, 0.05) is 29.9 Å². The highest BCUT2D eigenvalue weighted by atomic mass is 19.2. The minimum Gasteiger partial charge on any atom is -0.423 e. The maximum Gasteiger partial charge on any atom is 0.491 e. The molecule has 0 amide bonds. The summed E-state index contributed by atoms with van der Waals surface area (Å²) in [6.45, 7) is 2.82. The van der Waals surface area contributed by atoms with Crippen LogP contribution < -0.4 is 5.46 Å². The van der Waals surface area contributed by atoms with E-state index < -0.39 is 24.2 Å². The van der Waals surface area contributed by atoms with Crippen LogP contribution >= 0.6 is 0 Å². The Hall–Kier alpha value is -1.77. The lowest BCUT2D eigenvalue weighted by molar-refractivity contribution is 0.183. The SMILES string of the molecule is CCc1nn(CCOC)cc1-c1ccc(B(O)O)c(F)c1F. The average molecular weight is 310 g/mol. The van der Waals surface area contributed by atoms with E-state index in [9.17, 15) is 8.78 Å². The zero-order chi connectivity index (χ0) is 16.3. The Kier molecular flexibility index (Phi) is 5.28. The van der Waals surface area contributed by atoms with Crippen LogP contribution in [-0.2, 0) is 17.7 Å². The van der Waals surface area contributed by atoms with Gasteiger partial charge in [0.15, 0.2) is 11.6 Å². The van der Waals surface area contributed by atoms with Gasteiger partial charge in [-0.15, -0.1) is 0 Å². The molecular formula is C14H17BF2N2O3. The molecule has 0 bridgehead atoms. The molecule has 1 aromatic carbocycles. The number of benzene rings is 1. The Morgan fingerprint density at radius 1 is 1.23 bits per heavy atom. The van der Waals surface area contributed by atoms with Gasteiger partial charge in [-0.1, -0.05) is 19.1 Å². The largest absolute Gasteiger partial charge is 0.491 e. The molecule has 1 heterocycles. The standard InChI is InChI=1S/C14H17BF2N2O3/c1-3-12-10(8-19(18-12)6-7-22-2)9-4-5-11(15(20)21)14(17)13(9)16/h4-5,8,20-21H,3,6-7H2,1-2H3. The molecule has 0 unspecified atom stereocenters. The molecule has 0 aliphatic carbocycles. The third kappa shape index (κ3) is 3.19. The van der Waals surface area contributed by atoms with Crippen molar-refractivity contribution in [3.8, 4) is 11.1 Å². The number of hydrogen-bond donors (Lipinski definition) is 2. The Balaban J connectivity index is 2.47. The maximum atomic E-state index is 14.2. The fourth-order valence-corrected chi connectivity index (χ4v) is 2.22. The van der Waals surface area contributed by atoms with Gasteiger partial charge in [0.05, 0.1) is 18.8 Å². The van der Waals surface area contributed by atoms with E-state index in [-0.39, 0.29) is 5.56 Å². The van der Waals surface area contributed by atoms with Crippen LogP contribution in [0.5, 0.6) is 0 Å². The fraction of sp³-hybridized carbons (Fsp3) is 0.357. The predicted octanol–water partition coefficient (Wildman–Crippen LogP) is 0.717. The molecule has 0 saturated heterocycles. The molecule has 0 radical (unpaired) electrons. The summed E-state index contributed by atoms with van der Waals surface area (Å²) in [5, 5.41) is 22.3. The number of aromatic nitrogens is 2. The van der Waals surface area contributed by atoms with Crippen molar-refractivity contribution in [1.29, 1.82) is 0 Å². The van der Waals surface area contributed by atoms with Crippen molar-refractivity contribution in [2.24, 2.45) is 0 Å². The molecule has 2 rings (SSSR count). The summed E-state index contributed by atoms with van der Waals surface area (Å²) in [6, 6.07) is 2.48. The minimum atomic E-state index is -2.06. The summed E-state index contributed by atoms with van der Waals surface area (Å²) >= 11 is 0. The highest BCUT2D eigenvalue weighted by Gasteiger charge is 2.23. The lowest BCUT2D eigenvalue weighted by atomic mass is 9.79. The molecule has 0 saturated carbocycles. The first-order valence-electron chi connectivity index (χ1n) is 6.89. The van der Waals surface area contributed by atoms with Crippen molar-refractivity contribution in [2.75, 3.05) is 13.7 Å². The van der Waals surface area contributed by atoms with Crippen LogP contribution in [0.1, 0.15) is 12.6 Å². The predicted molar refractivity (Wildman–Crippen MR) is 78.7 cm³/mol. The Bertz CT molecular complexity index is 662. The number of halogens is 2. The number of nitrogens with zero attached hydrogens (tertiary/aromatic N) is 2. The maximum absolute atomic E-state index is 14.2. The van der Waals surface area contributed by atoms with Gasteiger partial charge in [-0.25, -0.2) is 8.78 Å². The number of methoxy groups -OCH3 is 1. The van der Waals surface area contributed by atoms with Crippen LogP contribution in [0.15, 0.2) is 18.3 Å². The molecule has 0 spiro atoms. The molecule has 2 aromatic rings. The van der Waals surface area contributed by atoms with Gasteiger partial charge in [-0.2, -0.15) is 5.10 Å². The Labute approximate surface area is 127 Å². The van der Waals surface area contributed by atoms with E-state index in [1.54, 1.807) is 18.0 Å². The van der Waals surface area contributed by atoms with Crippen molar-refractivity contribution in [1.82, 2.24) is 9.78 Å². The van der Waals surface area contributed by atoms with Crippen LogP contribution in [0.3, 0.4) is 0 Å². The lowest BCUT2D eigenvalue weighted by Crippen LogP contribution is -2.33. The second kappa shape index (κ2) is 7.00. The molecule has 8 heteroatoms. The van der Waals surface area contributed by atoms with Crippen molar-refractivity contribution in [2.45, 2.75) is 19.9 Å². The van der Waals surface area contributed by atoms with Crippen LogP contribution in [0.4, 0.5) is 8.78 Å². The summed E-state index contributed by atoms with van der Waals surface area (Å²) in [5.41, 5.74) is 0.661. The van der Waals surface area contributed by atoms with Gasteiger partial charge >= 0.3 is 7.12 Å². The van der Waals surface area contributed by atoms with Crippen LogP contribution in [0.2, 0.25) is 0 Å². The zero-order valence-corrected chi connectivity index (χ0v) is 12.4. The number of ether oxygens (including phenoxy) is 1. The summed E-state index contributed by atoms with van der Waals surface area (Å²) in [5.74, 6) is -2.38. The molecule has 0 aliphatic rings. The summed E-state index contributed by atoms with van der Waals surface area (Å²) in [6.07, 6.45) is 2.19. The van der Waals surface area contributed by atoms with E-state index in [2.05, 4.69) is 5.10 Å². The second-order valence-electron chi connectivity index (χ2n) is 4.80. The minimum absolute atomic E-state index is 0.0439. The van der Waals surface area contributed by atoms with E-state index in [1.165, 1.54) is 6.07 Å². The van der Waals surface area contributed by atoms with Gasteiger partial charge in [0.25, 0.3) is 0 Å². The molecule has 2 N–H and O–H groups in total. The molecule has 22 heavy (non-hydrogen) atoms. The molecule has 0 atom stereocenters. The first-order valence-corrected chi connectivity index (χ1v) is 6.89. The average Bonchev–Trinajstić information content (AvgIpc) is 2.90. The third-order valence-electron chi connectivity index (χ3n) is 3.38. The van der Waals surface area contributed by atoms with Crippen molar-refractivity contribution in [3.05, 3.63) is 35.7 Å². The topological polar surface area (TPSA) is 67.5 Å². The van der Waals surface area contributed by atoms with E-state index in [0.29, 0.717) is 30.8 Å². The summed E-state index contributed by atoms with van der Waals surface area (Å²) in [7, 11) is -0.488. The number of hydrogen-bond acceptors (Lipinski definition) is 4. The van der Waals surface area contributed by atoms with Gasteiger partial charge in [-0.05, 0) is 6.42 Å². The molecule has 0 fully saturated rings. The summed E-state index contributed by atoms with van der Waals surface area (Å²) < 4.78 is 34.7. The quantitative estimate of drug-likeness (QED) is 0.772. The molecule has 1 aromatic heterocycles. The van der Waals surface area contributed by atoms with E-state index in [1.807, 2.05) is 6.92 Å². The van der Waals surface area contributed by atoms with E-state index >= 15 is 0 Å². The summed E-state index contributed by atoms with van der Waals surface area (Å²) in [4.78, 5) is 0. The highest BCUT2D eigenvalue weighted by Crippen LogP contribution is 2.27. The zero-order valence-electron chi connectivity index (χ0n) is 12.4. The molecule has 118 valence electrons. The number of aryl methyl sites for hydroxylation is 1. The lowest BCUT2D eigenvalue weighted by Gasteiger charge is -2.07. The molecular weight excluding hydrogens is 293 g/mol. The fourth-order valence-electron chi connectivity index (χ4n) is 2.22. The van der Waals surface area contributed by atoms with Crippen LogP contribution in [-0.4, -0.2) is 40.7 Å².